The summed E-state index contributed by atoms with van der Waals surface area (Å²) in [6.45, 7) is 13.3. The fourth-order valence-electron chi connectivity index (χ4n) is 4.65. The highest BCUT2D eigenvalue weighted by molar-refractivity contribution is 5.81. The molecule has 2 aliphatic heterocycles. The zero-order valence-electron chi connectivity index (χ0n) is 18.8. The van der Waals surface area contributed by atoms with E-state index in [0.717, 1.165) is 49.5 Å². The second-order valence-corrected chi connectivity index (χ2v) is 9.44. The first kappa shape index (κ1) is 20.0. The second-order valence-electron chi connectivity index (χ2n) is 9.44. The molecule has 3 aromatic rings. The van der Waals surface area contributed by atoms with Crippen molar-refractivity contribution >= 4 is 34.6 Å². The third kappa shape index (κ3) is 3.78. The van der Waals surface area contributed by atoms with E-state index in [2.05, 4.69) is 81.6 Å². The lowest BCUT2D eigenvalue weighted by molar-refractivity contribution is 0.209. The van der Waals surface area contributed by atoms with Gasteiger partial charge in [-0.1, -0.05) is 6.08 Å². The molecule has 5 rings (SSSR count). The van der Waals surface area contributed by atoms with Crippen molar-refractivity contribution in [2.45, 2.75) is 45.7 Å². The highest BCUT2D eigenvalue weighted by Crippen LogP contribution is 2.34. The first-order chi connectivity index (χ1) is 14.9. The molecule has 0 unspecified atom stereocenters. The number of allylic oxidation sites excluding steroid dienone is 1. The van der Waals surface area contributed by atoms with Crippen LogP contribution in [0.5, 0.6) is 0 Å². The van der Waals surface area contributed by atoms with Crippen LogP contribution in [0, 0.1) is 0 Å². The Labute approximate surface area is 183 Å². The Bertz CT molecular complexity index is 1100. The Kier molecular flexibility index (Phi) is 4.93. The van der Waals surface area contributed by atoms with Gasteiger partial charge in [0, 0.05) is 55.0 Å². The van der Waals surface area contributed by atoms with Crippen LogP contribution < -0.4 is 10.2 Å². The molecule has 0 atom stereocenters. The zero-order chi connectivity index (χ0) is 21.6. The number of fused-ring (bicyclic) bond motifs is 3. The van der Waals surface area contributed by atoms with Gasteiger partial charge in [0.2, 0.25) is 5.95 Å². The van der Waals surface area contributed by atoms with E-state index in [4.69, 9.17) is 4.98 Å². The minimum atomic E-state index is -0.00303. The Morgan fingerprint density at radius 1 is 1.03 bits per heavy atom. The first-order valence-electron chi connectivity index (χ1n) is 11.2. The normalized spacial score (nSPS) is 18.5. The number of nitrogens with one attached hydrogen (secondary N) is 1. The van der Waals surface area contributed by atoms with Crippen molar-refractivity contribution in [3.05, 3.63) is 42.4 Å². The second kappa shape index (κ2) is 7.64. The number of rotatable bonds is 4. The summed E-state index contributed by atoms with van der Waals surface area (Å²) in [6.07, 6.45) is 9.22. The van der Waals surface area contributed by atoms with Gasteiger partial charge in [-0.3, -0.25) is 4.90 Å². The molecule has 5 heterocycles. The Hall–Kier alpha value is -2.93. The van der Waals surface area contributed by atoms with Crippen LogP contribution in [-0.2, 0) is 5.54 Å². The molecule has 0 spiro atoms. The molecule has 0 amide bonds. The number of hydrogen-bond donors (Lipinski definition) is 1. The molecule has 0 saturated carbocycles. The number of piperazine rings is 1. The van der Waals surface area contributed by atoms with Crippen LogP contribution in [0.25, 0.3) is 17.1 Å². The fraction of sp³-hybridized carbons (Fsp3) is 0.458. The van der Waals surface area contributed by atoms with Crippen molar-refractivity contribution in [1.29, 1.82) is 0 Å². The van der Waals surface area contributed by atoms with E-state index >= 15 is 0 Å². The molecule has 162 valence electrons. The van der Waals surface area contributed by atoms with E-state index in [1.165, 1.54) is 11.4 Å². The van der Waals surface area contributed by atoms with Crippen molar-refractivity contribution < 1.29 is 0 Å². The van der Waals surface area contributed by atoms with Crippen molar-refractivity contribution in [2.75, 3.05) is 36.4 Å². The molecule has 7 nitrogen and oxygen atoms in total. The predicted octanol–water partition coefficient (Wildman–Crippen LogP) is 4.25. The van der Waals surface area contributed by atoms with E-state index in [1.807, 2.05) is 18.5 Å². The van der Waals surface area contributed by atoms with E-state index in [0.29, 0.717) is 12.0 Å². The smallest absolute Gasteiger partial charge is 0.230 e. The first-order valence-corrected chi connectivity index (χ1v) is 11.2. The van der Waals surface area contributed by atoms with Crippen LogP contribution in [0.15, 0.2) is 36.7 Å². The maximum Gasteiger partial charge on any atom is 0.230 e. The third-order valence-electron chi connectivity index (χ3n) is 6.48. The topological polar surface area (TPSA) is 62.1 Å². The molecule has 1 N–H and O–H groups in total. The molecular formula is C24H31N7. The van der Waals surface area contributed by atoms with Gasteiger partial charge in [0.1, 0.15) is 11.5 Å². The van der Waals surface area contributed by atoms with Gasteiger partial charge in [-0.25, -0.2) is 9.97 Å². The van der Waals surface area contributed by atoms with Crippen molar-refractivity contribution in [2.24, 2.45) is 0 Å². The Balaban J connectivity index is 1.33. The highest BCUT2D eigenvalue weighted by Gasteiger charge is 2.27. The van der Waals surface area contributed by atoms with Crippen LogP contribution >= 0.6 is 0 Å². The van der Waals surface area contributed by atoms with Crippen LogP contribution in [0.2, 0.25) is 0 Å². The van der Waals surface area contributed by atoms with Gasteiger partial charge in [0.25, 0.3) is 0 Å². The molecule has 1 saturated heterocycles. The molecule has 0 aromatic carbocycles. The van der Waals surface area contributed by atoms with Crippen molar-refractivity contribution in [3.8, 4) is 0 Å². The number of aromatic nitrogens is 4. The number of hydrogen-bond acceptors (Lipinski definition) is 6. The summed E-state index contributed by atoms with van der Waals surface area (Å²) in [6, 6.07) is 6.91. The number of pyridine rings is 1. The van der Waals surface area contributed by atoms with E-state index in [-0.39, 0.29) is 5.54 Å². The van der Waals surface area contributed by atoms with Crippen LogP contribution in [0.3, 0.4) is 0 Å². The monoisotopic (exact) mass is 417 g/mol. The van der Waals surface area contributed by atoms with Gasteiger partial charge >= 0.3 is 0 Å². The lowest BCUT2D eigenvalue weighted by Gasteiger charge is -2.38. The van der Waals surface area contributed by atoms with Crippen molar-refractivity contribution in [1.82, 2.24) is 24.4 Å². The predicted molar refractivity (Wildman–Crippen MR) is 127 cm³/mol. The summed E-state index contributed by atoms with van der Waals surface area (Å²) < 4.78 is 2.31. The minimum Gasteiger partial charge on any atom is -0.368 e. The van der Waals surface area contributed by atoms with Crippen LogP contribution in [-0.4, -0.2) is 56.6 Å². The van der Waals surface area contributed by atoms with Crippen LogP contribution in [0.4, 0.5) is 17.5 Å². The summed E-state index contributed by atoms with van der Waals surface area (Å²) in [5.74, 6) is 1.33. The van der Waals surface area contributed by atoms with Gasteiger partial charge in [0.15, 0.2) is 0 Å². The van der Waals surface area contributed by atoms with E-state index in [9.17, 15) is 0 Å². The number of nitrogens with zero attached hydrogens (tertiary/aromatic N) is 6. The summed E-state index contributed by atoms with van der Waals surface area (Å²) in [5.41, 5.74) is 3.30. The fourth-order valence-corrected chi connectivity index (χ4v) is 4.65. The quantitative estimate of drug-likeness (QED) is 0.685. The number of anilines is 3. The molecule has 1 fully saturated rings. The Morgan fingerprint density at radius 2 is 1.84 bits per heavy atom. The molecular weight excluding hydrogens is 386 g/mol. The Morgan fingerprint density at radius 3 is 2.55 bits per heavy atom. The summed E-state index contributed by atoms with van der Waals surface area (Å²) >= 11 is 0. The molecule has 0 bridgehead atoms. The molecule has 0 radical (unpaired) electrons. The maximum atomic E-state index is 4.83. The maximum absolute atomic E-state index is 4.83. The molecule has 3 aromatic heterocycles. The average Bonchev–Trinajstić information content (AvgIpc) is 3.13. The summed E-state index contributed by atoms with van der Waals surface area (Å²) in [7, 11) is 0. The third-order valence-corrected chi connectivity index (χ3v) is 6.48. The summed E-state index contributed by atoms with van der Waals surface area (Å²) in [5, 5.41) is 4.34. The van der Waals surface area contributed by atoms with Gasteiger partial charge < -0.3 is 14.8 Å². The van der Waals surface area contributed by atoms with Crippen LogP contribution in [0.1, 0.15) is 39.8 Å². The lowest BCUT2D eigenvalue weighted by atomic mass is 9.97. The standard InChI is InChI=1S/C24H31N7/c1-17(2)29-10-12-30(13-11-29)20-7-8-21(25-16-20)27-23-26-15-18-14-19-6-5-9-24(3,4)31(19)22(18)28-23/h5-8,14-17H,9-13H2,1-4H3,(H,25,26,27,28). The van der Waals surface area contributed by atoms with E-state index in [1.54, 1.807) is 0 Å². The SMILES string of the molecule is CC(C)N1CCN(c2ccc(Nc3ncc4cc5n(c4n3)C(C)(C)CC=C5)nc2)CC1. The van der Waals surface area contributed by atoms with Gasteiger partial charge in [-0.05, 0) is 58.4 Å². The largest absolute Gasteiger partial charge is 0.368 e. The van der Waals surface area contributed by atoms with Crippen molar-refractivity contribution in [3.63, 3.8) is 0 Å². The van der Waals surface area contributed by atoms with Gasteiger partial charge in [0.05, 0.1) is 11.9 Å². The highest BCUT2D eigenvalue weighted by atomic mass is 15.3. The van der Waals surface area contributed by atoms with Gasteiger partial charge in [-0.2, -0.15) is 4.98 Å². The molecule has 0 aliphatic carbocycles. The van der Waals surface area contributed by atoms with E-state index < -0.39 is 0 Å². The molecule has 31 heavy (non-hydrogen) atoms. The van der Waals surface area contributed by atoms with Gasteiger partial charge in [-0.15, -0.1) is 0 Å². The molecule has 7 heteroatoms. The lowest BCUT2D eigenvalue weighted by Crippen LogP contribution is -2.48. The minimum absolute atomic E-state index is 0.00303. The summed E-state index contributed by atoms with van der Waals surface area (Å²) in [4.78, 5) is 18.9. The zero-order valence-corrected chi connectivity index (χ0v) is 18.8. The molecule has 2 aliphatic rings. The average molecular weight is 418 g/mol.